The molecule has 0 saturated heterocycles. The summed E-state index contributed by atoms with van der Waals surface area (Å²) in [5, 5.41) is 0. The topological polar surface area (TPSA) is 22.9 Å². The lowest BCUT2D eigenvalue weighted by atomic mass is 10.0. The van der Waals surface area contributed by atoms with E-state index in [1.165, 1.54) is 114 Å². The van der Waals surface area contributed by atoms with E-state index in [1.54, 1.807) is 0 Å². The highest BCUT2D eigenvalue weighted by molar-refractivity contribution is 4.49. The van der Waals surface area contributed by atoms with E-state index in [0.717, 1.165) is 26.7 Å². The van der Waals surface area contributed by atoms with Gasteiger partial charge in [-0.2, -0.15) is 0 Å². The molecular weight excluding hydrogens is 370 g/mol. The molecule has 0 saturated carbocycles. The zero-order chi connectivity index (χ0) is 19.8. The summed E-state index contributed by atoms with van der Waals surface area (Å²) in [6.07, 6.45) is 22.8. The van der Waals surface area contributed by atoms with E-state index < -0.39 is 0 Å². The molecule has 0 aliphatic heterocycles. The lowest BCUT2D eigenvalue weighted by Crippen LogP contribution is -3.12. The molecule has 0 radical (unpaired) electrons. The van der Waals surface area contributed by atoms with Crippen LogP contribution in [-0.4, -0.2) is 33.2 Å². The van der Waals surface area contributed by atoms with Crippen LogP contribution in [-0.2, 0) is 9.47 Å². The van der Waals surface area contributed by atoms with Crippen LogP contribution < -0.4 is 17.3 Å². The Labute approximate surface area is 183 Å². The SMILES string of the molecule is CCCCCCCCCCCCCCCCCC[NH+](COCC)COCC.[Cl-]. The summed E-state index contributed by atoms with van der Waals surface area (Å²) in [5.41, 5.74) is 0. The number of ether oxygens (including phenoxy) is 2. The maximum atomic E-state index is 5.56. The maximum absolute atomic E-state index is 5.56. The van der Waals surface area contributed by atoms with Gasteiger partial charge < -0.3 is 21.9 Å². The highest BCUT2D eigenvalue weighted by Crippen LogP contribution is 2.13. The van der Waals surface area contributed by atoms with Crippen LogP contribution in [0.3, 0.4) is 0 Å². The highest BCUT2D eigenvalue weighted by Gasteiger charge is 2.07. The molecule has 172 valence electrons. The molecule has 0 unspecified atom stereocenters. The summed E-state index contributed by atoms with van der Waals surface area (Å²) < 4.78 is 11.1. The van der Waals surface area contributed by atoms with E-state index in [2.05, 4.69) is 20.8 Å². The zero-order valence-corrected chi connectivity index (χ0v) is 20.3. The predicted molar refractivity (Wildman–Crippen MR) is 118 cm³/mol. The van der Waals surface area contributed by atoms with Gasteiger partial charge in [0.2, 0.25) is 0 Å². The van der Waals surface area contributed by atoms with Gasteiger partial charge in [-0.25, -0.2) is 0 Å². The molecule has 0 atom stereocenters. The fraction of sp³-hybridized carbons (Fsp3) is 1.00. The van der Waals surface area contributed by atoms with Gasteiger partial charge in [-0.3, -0.25) is 4.90 Å². The molecule has 3 nitrogen and oxygen atoms in total. The molecule has 1 N–H and O–H groups in total. The van der Waals surface area contributed by atoms with E-state index in [0.29, 0.717) is 0 Å². The largest absolute Gasteiger partial charge is 1.00 e. The zero-order valence-electron chi connectivity index (χ0n) is 19.5. The van der Waals surface area contributed by atoms with Gasteiger partial charge in [0, 0.05) is 13.2 Å². The van der Waals surface area contributed by atoms with E-state index in [-0.39, 0.29) is 12.4 Å². The van der Waals surface area contributed by atoms with Crippen LogP contribution in [0.15, 0.2) is 0 Å². The molecule has 0 spiro atoms. The summed E-state index contributed by atoms with van der Waals surface area (Å²) in [6, 6.07) is 0. The van der Waals surface area contributed by atoms with Gasteiger partial charge in [0.1, 0.15) is 0 Å². The van der Waals surface area contributed by atoms with Crippen LogP contribution in [0.25, 0.3) is 0 Å². The lowest BCUT2D eigenvalue weighted by molar-refractivity contribution is -0.938. The Morgan fingerprint density at radius 2 is 0.786 bits per heavy atom. The molecule has 0 aliphatic carbocycles. The Morgan fingerprint density at radius 3 is 1.11 bits per heavy atom. The standard InChI is InChI=1S/C24H51NO2.ClH/c1-4-7-8-9-10-11-12-13-14-15-16-17-18-19-20-21-22-25(23-26-5-2)24-27-6-3;/h4-24H2,1-3H3;1H. The van der Waals surface area contributed by atoms with Crippen molar-refractivity contribution in [2.75, 3.05) is 33.2 Å². The van der Waals surface area contributed by atoms with Crippen molar-refractivity contribution in [3.8, 4) is 0 Å². The molecule has 0 aromatic carbocycles. The Morgan fingerprint density at radius 1 is 0.464 bits per heavy atom. The first-order valence-corrected chi connectivity index (χ1v) is 12.3. The van der Waals surface area contributed by atoms with Gasteiger partial charge in [-0.1, -0.05) is 96.8 Å². The first-order chi connectivity index (χ1) is 13.3. The smallest absolute Gasteiger partial charge is 0.183 e. The summed E-state index contributed by atoms with van der Waals surface area (Å²) in [4.78, 5) is 1.43. The first-order valence-electron chi connectivity index (χ1n) is 12.3. The number of halogens is 1. The second-order valence-corrected chi connectivity index (χ2v) is 8.08. The third-order valence-corrected chi connectivity index (χ3v) is 5.40. The van der Waals surface area contributed by atoms with Gasteiger partial charge in [-0.15, -0.1) is 0 Å². The van der Waals surface area contributed by atoms with Crippen molar-refractivity contribution >= 4 is 0 Å². The molecule has 28 heavy (non-hydrogen) atoms. The number of quaternary nitrogens is 1. The van der Waals surface area contributed by atoms with Gasteiger partial charge >= 0.3 is 0 Å². The minimum Gasteiger partial charge on any atom is -1.00 e. The maximum Gasteiger partial charge on any atom is 0.183 e. The second kappa shape index (κ2) is 27.2. The van der Waals surface area contributed by atoms with E-state index in [1.807, 2.05) is 0 Å². The first kappa shape index (κ1) is 30.4. The third kappa shape index (κ3) is 24.2. The average Bonchev–Trinajstić information content (AvgIpc) is 2.69. The second-order valence-electron chi connectivity index (χ2n) is 8.08. The predicted octanol–water partition coefficient (Wildman–Crippen LogP) is 3.12. The quantitative estimate of drug-likeness (QED) is 0.202. The normalized spacial score (nSPS) is 11.1. The molecule has 0 rings (SSSR count). The van der Waals surface area contributed by atoms with Crippen LogP contribution in [0.2, 0.25) is 0 Å². The Kier molecular flexibility index (Phi) is 29.5. The van der Waals surface area contributed by atoms with Crippen molar-refractivity contribution in [1.82, 2.24) is 0 Å². The minimum absolute atomic E-state index is 0. The van der Waals surface area contributed by atoms with E-state index in [4.69, 9.17) is 9.47 Å². The fourth-order valence-corrected chi connectivity index (χ4v) is 3.60. The Hall–Kier alpha value is 0.170. The van der Waals surface area contributed by atoms with Crippen LogP contribution in [0, 0.1) is 0 Å². The summed E-state index contributed by atoms with van der Waals surface area (Å²) >= 11 is 0. The molecule has 0 heterocycles. The monoisotopic (exact) mass is 421 g/mol. The Bertz CT molecular complexity index is 259. The number of unbranched alkanes of at least 4 members (excludes halogenated alkanes) is 15. The number of hydrogen-bond acceptors (Lipinski definition) is 2. The fourth-order valence-electron chi connectivity index (χ4n) is 3.60. The van der Waals surface area contributed by atoms with Crippen LogP contribution >= 0.6 is 0 Å². The summed E-state index contributed by atoms with van der Waals surface area (Å²) in [6.45, 7) is 10.8. The van der Waals surface area contributed by atoms with Crippen molar-refractivity contribution in [3.05, 3.63) is 0 Å². The summed E-state index contributed by atoms with van der Waals surface area (Å²) in [7, 11) is 0. The molecule has 0 aromatic heterocycles. The van der Waals surface area contributed by atoms with Gasteiger partial charge in [0.15, 0.2) is 13.5 Å². The molecular formula is C24H52ClNO2. The van der Waals surface area contributed by atoms with Crippen molar-refractivity contribution < 1.29 is 26.8 Å². The van der Waals surface area contributed by atoms with Crippen LogP contribution in [0.4, 0.5) is 0 Å². The van der Waals surface area contributed by atoms with Crippen molar-refractivity contribution in [1.29, 1.82) is 0 Å². The summed E-state index contributed by atoms with van der Waals surface area (Å²) in [5.74, 6) is 0. The minimum atomic E-state index is 0. The third-order valence-electron chi connectivity index (χ3n) is 5.40. The molecule has 0 amide bonds. The number of hydrogen-bond donors (Lipinski definition) is 1. The average molecular weight is 422 g/mol. The number of nitrogens with one attached hydrogen (secondary N) is 1. The van der Waals surface area contributed by atoms with Crippen molar-refractivity contribution in [3.63, 3.8) is 0 Å². The molecule has 0 fully saturated rings. The van der Waals surface area contributed by atoms with Gasteiger partial charge in [0.05, 0.1) is 6.54 Å². The number of rotatable bonds is 23. The molecule has 0 aliphatic rings. The van der Waals surface area contributed by atoms with Crippen molar-refractivity contribution in [2.24, 2.45) is 0 Å². The van der Waals surface area contributed by atoms with Crippen LogP contribution in [0.1, 0.15) is 124 Å². The molecule has 0 bridgehead atoms. The molecule has 0 aromatic rings. The van der Waals surface area contributed by atoms with Gasteiger partial charge in [-0.05, 0) is 26.7 Å². The van der Waals surface area contributed by atoms with Crippen molar-refractivity contribution in [2.45, 2.75) is 124 Å². The van der Waals surface area contributed by atoms with Gasteiger partial charge in [0.25, 0.3) is 0 Å². The van der Waals surface area contributed by atoms with E-state index in [9.17, 15) is 0 Å². The molecule has 4 heteroatoms. The van der Waals surface area contributed by atoms with Crippen LogP contribution in [0.5, 0.6) is 0 Å². The highest BCUT2D eigenvalue weighted by atomic mass is 35.5. The lowest BCUT2D eigenvalue weighted by Gasteiger charge is -2.18. The Balaban J connectivity index is 0. The van der Waals surface area contributed by atoms with E-state index >= 15 is 0 Å².